The van der Waals surface area contributed by atoms with Crippen molar-refractivity contribution in [2.24, 2.45) is 0 Å². The van der Waals surface area contributed by atoms with Gasteiger partial charge in [0, 0.05) is 10.0 Å². The van der Waals surface area contributed by atoms with Crippen molar-refractivity contribution in [3.05, 3.63) is 94.0 Å². The molecule has 0 N–H and O–H groups in total. The molecule has 0 heterocycles. The smallest absolute Gasteiger partial charge is 0.343 e. The number of hydrogen-bond acceptors (Lipinski definition) is 4. The minimum Gasteiger partial charge on any atom is -0.423 e. The molecule has 0 aliphatic heterocycles. The summed E-state index contributed by atoms with van der Waals surface area (Å²) in [6.07, 6.45) is 0. The molecule has 0 saturated carbocycles. The van der Waals surface area contributed by atoms with E-state index in [1.165, 1.54) is 36.4 Å². The van der Waals surface area contributed by atoms with Gasteiger partial charge in [-0.15, -0.1) is 0 Å². The van der Waals surface area contributed by atoms with Gasteiger partial charge in [-0.1, -0.05) is 35.3 Å². The van der Waals surface area contributed by atoms with Gasteiger partial charge in [0.25, 0.3) is 0 Å². The summed E-state index contributed by atoms with van der Waals surface area (Å²) in [4.78, 5) is 24.3. The fourth-order valence-corrected chi connectivity index (χ4v) is 2.50. The normalized spacial score (nSPS) is 10.2. The number of ether oxygens (including phenoxy) is 2. The summed E-state index contributed by atoms with van der Waals surface area (Å²) in [5, 5.41) is 0.934. The summed E-state index contributed by atoms with van der Waals surface area (Å²) < 4.78 is 10.5. The molecule has 0 saturated heterocycles. The van der Waals surface area contributed by atoms with Crippen LogP contribution < -0.4 is 9.47 Å². The van der Waals surface area contributed by atoms with Gasteiger partial charge in [0.1, 0.15) is 11.5 Å². The van der Waals surface area contributed by atoms with Crippen molar-refractivity contribution in [2.75, 3.05) is 0 Å². The van der Waals surface area contributed by atoms with E-state index in [-0.39, 0.29) is 0 Å². The summed E-state index contributed by atoms with van der Waals surface area (Å²) in [6.45, 7) is 0. The molecule has 0 spiro atoms. The summed E-state index contributed by atoms with van der Waals surface area (Å²) in [5.74, 6) is -0.428. The molecular formula is C20H12Cl2O4. The van der Waals surface area contributed by atoms with Crippen molar-refractivity contribution in [1.29, 1.82) is 0 Å². The maximum Gasteiger partial charge on any atom is 0.343 e. The Kier molecular flexibility index (Phi) is 5.56. The van der Waals surface area contributed by atoms with Gasteiger partial charge in [-0.2, -0.15) is 0 Å². The third-order valence-corrected chi connectivity index (χ3v) is 3.84. The van der Waals surface area contributed by atoms with Crippen LogP contribution in [0.4, 0.5) is 0 Å². The molecule has 3 aromatic carbocycles. The Morgan fingerprint density at radius 1 is 0.615 bits per heavy atom. The number of esters is 2. The van der Waals surface area contributed by atoms with E-state index in [0.717, 1.165) is 0 Å². The van der Waals surface area contributed by atoms with E-state index in [1.54, 1.807) is 36.4 Å². The Hall–Kier alpha value is -2.82. The molecule has 3 aromatic rings. The zero-order chi connectivity index (χ0) is 18.5. The molecule has 6 heteroatoms. The van der Waals surface area contributed by atoms with Crippen molar-refractivity contribution < 1.29 is 19.1 Å². The third kappa shape index (κ3) is 4.63. The first-order chi connectivity index (χ1) is 12.5. The number of hydrogen-bond donors (Lipinski definition) is 0. The molecule has 0 amide bonds. The van der Waals surface area contributed by atoms with Crippen LogP contribution in [0.3, 0.4) is 0 Å². The van der Waals surface area contributed by atoms with Gasteiger partial charge in [-0.3, -0.25) is 0 Å². The Bertz CT molecular complexity index is 874. The third-order valence-electron chi connectivity index (χ3n) is 3.37. The van der Waals surface area contributed by atoms with Crippen LogP contribution in [0, 0.1) is 0 Å². The van der Waals surface area contributed by atoms with Crippen LogP contribution >= 0.6 is 23.2 Å². The first-order valence-corrected chi connectivity index (χ1v) is 8.32. The van der Waals surface area contributed by atoms with Crippen LogP contribution in [-0.2, 0) is 0 Å². The second-order valence-electron chi connectivity index (χ2n) is 5.27. The SMILES string of the molecule is O=C(Oc1cccc(Cl)c1)c1ccc(C(=O)Oc2cccc(Cl)c2)cc1. The summed E-state index contributed by atoms with van der Waals surface area (Å²) >= 11 is 11.7. The molecule has 0 fully saturated rings. The molecule has 0 atom stereocenters. The average molecular weight is 387 g/mol. The molecule has 0 aliphatic rings. The highest BCUT2D eigenvalue weighted by Crippen LogP contribution is 2.20. The largest absolute Gasteiger partial charge is 0.423 e. The summed E-state index contributed by atoms with van der Waals surface area (Å²) in [5.41, 5.74) is 0.591. The van der Waals surface area contributed by atoms with Gasteiger partial charge in [0.2, 0.25) is 0 Å². The van der Waals surface area contributed by atoms with Crippen LogP contribution in [-0.4, -0.2) is 11.9 Å². The topological polar surface area (TPSA) is 52.6 Å². The van der Waals surface area contributed by atoms with E-state index in [4.69, 9.17) is 32.7 Å². The van der Waals surface area contributed by atoms with E-state index >= 15 is 0 Å². The van der Waals surface area contributed by atoms with Crippen molar-refractivity contribution in [3.8, 4) is 11.5 Å². The number of carbonyl (C=O) groups is 2. The zero-order valence-electron chi connectivity index (χ0n) is 13.3. The number of benzene rings is 3. The molecule has 0 aromatic heterocycles. The van der Waals surface area contributed by atoms with Gasteiger partial charge in [-0.25, -0.2) is 9.59 Å². The Morgan fingerprint density at radius 3 is 1.35 bits per heavy atom. The molecule has 130 valence electrons. The molecule has 26 heavy (non-hydrogen) atoms. The minimum atomic E-state index is -0.554. The van der Waals surface area contributed by atoms with Crippen molar-refractivity contribution in [1.82, 2.24) is 0 Å². The van der Waals surface area contributed by atoms with E-state index in [0.29, 0.717) is 32.7 Å². The van der Waals surface area contributed by atoms with Gasteiger partial charge < -0.3 is 9.47 Å². The van der Waals surface area contributed by atoms with Gasteiger partial charge >= 0.3 is 11.9 Å². The molecule has 0 radical (unpaired) electrons. The maximum atomic E-state index is 12.1. The van der Waals surface area contributed by atoms with Crippen LogP contribution in [0.25, 0.3) is 0 Å². The Balaban J connectivity index is 1.67. The van der Waals surface area contributed by atoms with Crippen LogP contribution in [0.1, 0.15) is 20.7 Å². The first kappa shape index (κ1) is 18.0. The number of rotatable bonds is 4. The van der Waals surface area contributed by atoms with Crippen molar-refractivity contribution in [2.45, 2.75) is 0 Å². The highest BCUT2D eigenvalue weighted by atomic mass is 35.5. The monoisotopic (exact) mass is 386 g/mol. The minimum absolute atomic E-state index is 0.296. The number of halogens is 2. The van der Waals surface area contributed by atoms with Crippen LogP contribution in [0.2, 0.25) is 10.0 Å². The highest BCUT2D eigenvalue weighted by Gasteiger charge is 2.13. The first-order valence-electron chi connectivity index (χ1n) is 7.57. The van der Waals surface area contributed by atoms with Gasteiger partial charge in [-0.05, 0) is 60.7 Å². The second-order valence-corrected chi connectivity index (χ2v) is 6.14. The van der Waals surface area contributed by atoms with Crippen LogP contribution in [0.15, 0.2) is 72.8 Å². The molecular weight excluding hydrogens is 375 g/mol. The fraction of sp³-hybridized carbons (Fsp3) is 0. The maximum absolute atomic E-state index is 12.1. The zero-order valence-corrected chi connectivity index (χ0v) is 14.8. The van der Waals surface area contributed by atoms with Crippen molar-refractivity contribution in [3.63, 3.8) is 0 Å². The number of carbonyl (C=O) groups excluding carboxylic acids is 2. The average Bonchev–Trinajstić information content (AvgIpc) is 2.62. The Labute approximate surface area is 159 Å². The lowest BCUT2D eigenvalue weighted by atomic mass is 10.1. The Morgan fingerprint density at radius 2 is 1.00 bits per heavy atom. The fourth-order valence-electron chi connectivity index (χ4n) is 2.14. The molecule has 4 nitrogen and oxygen atoms in total. The lowest BCUT2D eigenvalue weighted by molar-refractivity contribution is 0.0720. The second kappa shape index (κ2) is 8.04. The summed E-state index contributed by atoms with van der Waals surface area (Å²) in [6, 6.07) is 19.0. The summed E-state index contributed by atoms with van der Waals surface area (Å²) in [7, 11) is 0. The van der Waals surface area contributed by atoms with Gasteiger partial charge in [0.05, 0.1) is 11.1 Å². The quantitative estimate of drug-likeness (QED) is 0.442. The van der Waals surface area contributed by atoms with Gasteiger partial charge in [0.15, 0.2) is 0 Å². The molecule has 0 unspecified atom stereocenters. The molecule has 0 bridgehead atoms. The molecule has 3 rings (SSSR count). The predicted molar refractivity (Wildman–Crippen MR) is 99.3 cm³/mol. The highest BCUT2D eigenvalue weighted by molar-refractivity contribution is 6.31. The van der Waals surface area contributed by atoms with E-state index in [2.05, 4.69) is 0 Å². The molecule has 0 aliphatic carbocycles. The van der Waals surface area contributed by atoms with Crippen LogP contribution in [0.5, 0.6) is 11.5 Å². The lowest BCUT2D eigenvalue weighted by Crippen LogP contribution is -2.11. The standard InChI is InChI=1S/C20H12Cl2O4/c21-15-3-1-5-17(11-15)25-19(23)13-7-9-14(10-8-13)20(24)26-18-6-2-4-16(22)12-18/h1-12H. The van der Waals surface area contributed by atoms with E-state index < -0.39 is 11.9 Å². The van der Waals surface area contributed by atoms with Crippen molar-refractivity contribution >= 4 is 35.1 Å². The predicted octanol–water partition coefficient (Wildman–Crippen LogP) is 5.43. The lowest BCUT2D eigenvalue weighted by Gasteiger charge is -2.07. The van der Waals surface area contributed by atoms with E-state index in [9.17, 15) is 9.59 Å². The van der Waals surface area contributed by atoms with E-state index in [1.807, 2.05) is 0 Å².